The van der Waals surface area contributed by atoms with Crippen molar-refractivity contribution in [2.24, 2.45) is 0 Å². The van der Waals surface area contributed by atoms with Gasteiger partial charge < -0.3 is 11.1 Å². The molecule has 6 nitrogen and oxygen atoms in total. The van der Waals surface area contributed by atoms with E-state index in [1.807, 2.05) is 6.92 Å². The fourth-order valence-corrected chi connectivity index (χ4v) is 1.44. The molecule has 0 unspecified atom stereocenters. The maximum Gasteiger partial charge on any atom is 0.419 e. The fraction of sp³-hybridized carbons (Fsp3) is 0.300. The minimum Gasteiger partial charge on any atom is -0.370 e. The second kappa shape index (κ2) is 4.75. The van der Waals surface area contributed by atoms with Crippen LogP contribution in [0.1, 0.15) is 12.5 Å². The average molecular weight is 272 g/mol. The summed E-state index contributed by atoms with van der Waals surface area (Å²) in [5, 5.41) is 6.52. The molecule has 0 radical (unpaired) electrons. The summed E-state index contributed by atoms with van der Waals surface area (Å²) in [4.78, 5) is 7.74. The van der Waals surface area contributed by atoms with Crippen LogP contribution in [0.25, 0.3) is 5.82 Å². The highest BCUT2D eigenvalue weighted by Gasteiger charge is 2.32. The molecule has 9 heteroatoms. The molecule has 102 valence electrons. The molecule has 19 heavy (non-hydrogen) atoms. The van der Waals surface area contributed by atoms with Crippen LogP contribution in [0.4, 0.5) is 24.9 Å². The zero-order chi connectivity index (χ0) is 14.0. The van der Waals surface area contributed by atoms with Crippen LogP contribution in [0.3, 0.4) is 0 Å². The first kappa shape index (κ1) is 13.1. The number of hydrogen-bond acceptors (Lipinski definition) is 5. The lowest BCUT2D eigenvalue weighted by atomic mass is 10.3. The van der Waals surface area contributed by atoms with Gasteiger partial charge in [0.25, 0.3) is 0 Å². The lowest BCUT2D eigenvalue weighted by molar-refractivity contribution is -0.137. The van der Waals surface area contributed by atoms with Gasteiger partial charge in [-0.3, -0.25) is 0 Å². The number of nitrogens with zero attached hydrogens (tertiary/aromatic N) is 4. The van der Waals surface area contributed by atoms with E-state index in [2.05, 4.69) is 20.4 Å². The highest BCUT2D eigenvalue weighted by Crippen LogP contribution is 2.29. The molecule has 0 bridgehead atoms. The quantitative estimate of drug-likeness (QED) is 0.888. The van der Waals surface area contributed by atoms with Gasteiger partial charge in [-0.15, -0.1) is 0 Å². The van der Waals surface area contributed by atoms with Crippen molar-refractivity contribution < 1.29 is 13.2 Å². The highest BCUT2D eigenvalue weighted by molar-refractivity contribution is 5.45. The van der Waals surface area contributed by atoms with Crippen LogP contribution < -0.4 is 11.1 Å². The first-order valence-electron chi connectivity index (χ1n) is 5.41. The largest absolute Gasteiger partial charge is 0.419 e. The van der Waals surface area contributed by atoms with E-state index in [9.17, 15) is 13.2 Å². The third-order valence-corrected chi connectivity index (χ3v) is 2.23. The summed E-state index contributed by atoms with van der Waals surface area (Å²) in [6.07, 6.45) is -2.87. The predicted molar refractivity (Wildman–Crippen MR) is 62.7 cm³/mol. The number of hydrogen-bond donors (Lipinski definition) is 2. The Morgan fingerprint density at radius 1 is 1.37 bits per heavy atom. The van der Waals surface area contributed by atoms with Crippen molar-refractivity contribution in [3.05, 3.63) is 24.0 Å². The molecule has 0 saturated heterocycles. The highest BCUT2D eigenvalue weighted by atomic mass is 19.4. The minimum atomic E-state index is -4.44. The third kappa shape index (κ3) is 2.92. The summed E-state index contributed by atoms with van der Waals surface area (Å²) in [5.41, 5.74) is 4.64. The van der Waals surface area contributed by atoms with E-state index in [1.165, 1.54) is 6.07 Å². The van der Waals surface area contributed by atoms with E-state index < -0.39 is 11.7 Å². The summed E-state index contributed by atoms with van der Waals surface area (Å²) < 4.78 is 38.4. The maximum absolute atomic E-state index is 12.5. The number of nitrogens with one attached hydrogen (secondary N) is 1. The van der Waals surface area contributed by atoms with E-state index in [0.717, 1.165) is 17.1 Å². The summed E-state index contributed by atoms with van der Waals surface area (Å²) in [5.74, 6) is 0.547. The van der Waals surface area contributed by atoms with Crippen molar-refractivity contribution in [1.82, 2.24) is 19.7 Å². The van der Waals surface area contributed by atoms with Gasteiger partial charge in [-0.25, -0.2) is 4.68 Å². The number of halogens is 3. The first-order valence-corrected chi connectivity index (χ1v) is 5.41. The van der Waals surface area contributed by atoms with Gasteiger partial charge in [0, 0.05) is 18.8 Å². The van der Waals surface area contributed by atoms with E-state index in [0.29, 0.717) is 12.4 Å². The topological polar surface area (TPSA) is 81.7 Å². The average Bonchev–Trinajstić information content (AvgIpc) is 2.77. The third-order valence-electron chi connectivity index (χ3n) is 2.23. The number of nitrogens with two attached hydrogens (primary N) is 1. The van der Waals surface area contributed by atoms with Gasteiger partial charge in [0.15, 0.2) is 5.82 Å². The number of alkyl halides is 3. The van der Waals surface area contributed by atoms with Crippen molar-refractivity contribution >= 4 is 11.8 Å². The monoisotopic (exact) mass is 272 g/mol. The Kier molecular flexibility index (Phi) is 3.28. The Hall–Kier alpha value is -2.32. The molecule has 2 heterocycles. The molecule has 3 N–H and O–H groups in total. The van der Waals surface area contributed by atoms with Crippen molar-refractivity contribution in [2.75, 3.05) is 17.6 Å². The maximum atomic E-state index is 12.5. The second-order valence-electron chi connectivity index (χ2n) is 3.67. The molecular weight excluding hydrogens is 261 g/mol. The molecule has 2 rings (SSSR count). The molecule has 0 spiro atoms. The summed E-state index contributed by atoms with van der Waals surface area (Å²) in [7, 11) is 0. The molecule has 0 fully saturated rings. The summed E-state index contributed by atoms with van der Waals surface area (Å²) in [6, 6.07) is 1.47. The Morgan fingerprint density at radius 3 is 2.68 bits per heavy atom. The summed E-state index contributed by atoms with van der Waals surface area (Å²) in [6.45, 7) is 2.45. The fourth-order valence-electron chi connectivity index (χ4n) is 1.44. The first-order chi connectivity index (χ1) is 8.90. The smallest absolute Gasteiger partial charge is 0.370 e. The van der Waals surface area contributed by atoms with Crippen molar-refractivity contribution in [2.45, 2.75) is 13.1 Å². The van der Waals surface area contributed by atoms with Gasteiger partial charge in [-0.1, -0.05) is 0 Å². The number of nitrogen functional groups attached to an aromatic ring is 1. The molecule has 2 aromatic rings. The number of aromatic nitrogens is 4. The van der Waals surface area contributed by atoms with Crippen LogP contribution in [0, 0.1) is 0 Å². The molecule has 0 aliphatic heterocycles. The van der Waals surface area contributed by atoms with Crippen LogP contribution in [0.5, 0.6) is 0 Å². The molecule has 0 saturated carbocycles. The van der Waals surface area contributed by atoms with Gasteiger partial charge in [0.2, 0.25) is 5.95 Å². The van der Waals surface area contributed by atoms with Crippen LogP contribution in [0.15, 0.2) is 18.5 Å². The van der Waals surface area contributed by atoms with E-state index in [4.69, 9.17) is 5.73 Å². The zero-order valence-corrected chi connectivity index (χ0v) is 9.94. The molecule has 2 aromatic heterocycles. The molecule has 0 aliphatic rings. The minimum absolute atomic E-state index is 0.0440. The van der Waals surface area contributed by atoms with E-state index in [-0.39, 0.29) is 11.8 Å². The zero-order valence-electron chi connectivity index (χ0n) is 9.94. The Morgan fingerprint density at radius 2 is 2.11 bits per heavy atom. The van der Waals surface area contributed by atoms with Crippen LogP contribution >= 0.6 is 0 Å². The van der Waals surface area contributed by atoms with Crippen molar-refractivity contribution in [3.63, 3.8) is 0 Å². The predicted octanol–water partition coefficient (Wildman–Crippen LogP) is 1.70. The second-order valence-corrected chi connectivity index (χ2v) is 3.67. The van der Waals surface area contributed by atoms with Crippen LogP contribution in [-0.2, 0) is 6.18 Å². The molecular formula is C10H11F3N6. The normalized spacial score (nSPS) is 11.6. The van der Waals surface area contributed by atoms with E-state index in [1.54, 1.807) is 0 Å². The lowest BCUT2D eigenvalue weighted by Crippen LogP contribution is -2.08. The lowest BCUT2D eigenvalue weighted by Gasteiger charge is -2.06. The van der Waals surface area contributed by atoms with Crippen LogP contribution in [0.2, 0.25) is 0 Å². The van der Waals surface area contributed by atoms with Crippen molar-refractivity contribution in [1.29, 1.82) is 0 Å². The van der Waals surface area contributed by atoms with Gasteiger partial charge in [-0.05, 0) is 6.92 Å². The van der Waals surface area contributed by atoms with Gasteiger partial charge in [-0.2, -0.15) is 28.2 Å². The number of anilines is 2. The van der Waals surface area contributed by atoms with E-state index >= 15 is 0 Å². The molecule has 0 atom stereocenters. The Balaban J connectivity index is 2.38. The SMILES string of the molecule is CCNc1cc(-n2cc(C(F)(F)F)cn2)nc(N)n1. The molecule has 0 aliphatic carbocycles. The summed E-state index contributed by atoms with van der Waals surface area (Å²) >= 11 is 0. The molecule has 0 aromatic carbocycles. The Labute approximate surface area is 106 Å². The van der Waals surface area contributed by atoms with Crippen LogP contribution in [-0.4, -0.2) is 26.3 Å². The van der Waals surface area contributed by atoms with Gasteiger partial charge in [0.05, 0.1) is 11.8 Å². The number of rotatable bonds is 3. The van der Waals surface area contributed by atoms with Gasteiger partial charge in [0.1, 0.15) is 5.82 Å². The van der Waals surface area contributed by atoms with Crippen molar-refractivity contribution in [3.8, 4) is 5.82 Å². The standard InChI is InChI=1S/C10H11F3N6/c1-2-15-7-3-8(18-9(14)17-7)19-5-6(4-16-19)10(11,12)13/h3-5H,2H2,1H3,(H3,14,15,17,18). The molecule has 0 amide bonds. The van der Waals surface area contributed by atoms with Gasteiger partial charge >= 0.3 is 6.18 Å². The Bertz CT molecular complexity index is 577.